The smallest absolute Gasteiger partial charge is 0.243 e. The number of carbonyl (C=O) groups excluding carboxylic acids is 2. The first-order valence-corrected chi connectivity index (χ1v) is 12.8. The van der Waals surface area contributed by atoms with Crippen LogP contribution in [0.2, 0.25) is 0 Å². The minimum Gasteiger partial charge on any atom is -0.350 e. The number of rotatable bonds is 5. The van der Waals surface area contributed by atoms with Crippen molar-refractivity contribution < 1.29 is 18.0 Å². The van der Waals surface area contributed by atoms with E-state index in [0.29, 0.717) is 64.2 Å². The lowest BCUT2D eigenvalue weighted by molar-refractivity contribution is -0.138. The Kier molecular flexibility index (Phi) is 7.77. The monoisotopic (exact) mass is 475 g/mol. The summed E-state index contributed by atoms with van der Waals surface area (Å²) in [5, 5.41) is 11.9. The van der Waals surface area contributed by atoms with Crippen molar-refractivity contribution in [3.63, 3.8) is 0 Å². The Labute approximate surface area is 196 Å². The number of nitrogens with zero attached hydrogens (tertiary/aromatic N) is 4. The lowest BCUT2D eigenvalue weighted by Gasteiger charge is -2.38. The Bertz CT molecular complexity index is 995. The van der Waals surface area contributed by atoms with Crippen LogP contribution in [-0.4, -0.2) is 85.7 Å². The molecule has 0 bridgehead atoms. The predicted octanol–water partition coefficient (Wildman–Crippen LogP) is 1.02. The SMILES string of the molecule is CC(C)(C)NC(=O)CN1CCN(C(=O)C2CCN(S(=O)(=O)c3ccc(C#N)cc3)CC2)CC1. The van der Waals surface area contributed by atoms with Crippen molar-refractivity contribution in [2.45, 2.75) is 44.0 Å². The zero-order valence-corrected chi connectivity index (χ0v) is 20.4. The first-order chi connectivity index (χ1) is 15.5. The average Bonchev–Trinajstić information content (AvgIpc) is 2.78. The third-order valence-corrected chi connectivity index (χ3v) is 7.90. The maximum Gasteiger partial charge on any atom is 0.243 e. The molecule has 0 saturated carbocycles. The molecule has 3 rings (SSSR count). The van der Waals surface area contributed by atoms with Gasteiger partial charge in [0.1, 0.15) is 0 Å². The standard InChI is InChI=1S/C23H33N5O4S/c1-23(2,3)25-21(29)17-26-12-14-27(15-13-26)22(30)19-8-10-28(11-9-19)33(31,32)20-6-4-18(16-24)5-7-20/h4-7,19H,8-15,17H2,1-3H3,(H,25,29). The van der Waals surface area contributed by atoms with E-state index < -0.39 is 10.0 Å². The van der Waals surface area contributed by atoms with Gasteiger partial charge < -0.3 is 10.2 Å². The number of nitrogens with one attached hydrogen (secondary N) is 1. The quantitative estimate of drug-likeness (QED) is 0.680. The van der Waals surface area contributed by atoms with E-state index in [1.54, 1.807) is 0 Å². The van der Waals surface area contributed by atoms with Gasteiger partial charge in [-0.25, -0.2) is 8.42 Å². The maximum absolute atomic E-state index is 13.0. The van der Waals surface area contributed by atoms with Crippen molar-refractivity contribution in [1.82, 2.24) is 19.4 Å². The Hall–Kier alpha value is -2.48. The molecule has 0 aliphatic carbocycles. The van der Waals surface area contributed by atoms with Gasteiger partial charge in [-0.2, -0.15) is 9.57 Å². The molecule has 1 aromatic rings. The molecule has 1 aromatic carbocycles. The fourth-order valence-corrected chi connectivity index (χ4v) is 5.71. The highest BCUT2D eigenvalue weighted by molar-refractivity contribution is 7.89. The fraction of sp³-hybridized carbons (Fsp3) is 0.609. The Morgan fingerprint density at radius 3 is 2.12 bits per heavy atom. The second-order valence-corrected chi connectivity index (χ2v) is 11.7. The molecule has 10 heteroatoms. The first-order valence-electron chi connectivity index (χ1n) is 11.3. The van der Waals surface area contributed by atoms with Gasteiger partial charge in [-0.1, -0.05) is 0 Å². The van der Waals surface area contributed by atoms with Crippen LogP contribution in [0.3, 0.4) is 0 Å². The molecule has 2 heterocycles. The zero-order chi connectivity index (χ0) is 24.2. The predicted molar refractivity (Wildman–Crippen MR) is 124 cm³/mol. The van der Waals surface area contributed by atoms with Crippen LogP contribution < -0.4 is 5.32 Å². The number of carbonyl (C=O) groups is 2. The van der Waals surface area contributed by atoms with Gasteiger partial charge in [-0.15, -0.1) is 0 Å². The molecule has 2 amide bonds. The van der Waals surface area contributed by atoms with Gasteiger partial charge in [0.2, 0.25) is 21.8 Å². The molecule has 33 heavy (non-hydrogen) atoms. The van der Waals surface area contributed by atoms with E-state index in [1.165, 1.54) is 28.6 Å². The number of benzene rings is 1. The number of piperidine rings is 1. The summed E-state index contributed by atoms with van der Waals surface area (Å²) >= 11 is 0. The number of amides is 2. The number of sulfonamides is 1. The van der Waals surface area contributed by atoms with Crippen LogP contribution in [0.15, 0.2) is 29.2 Å². The average molecular weight is 476 g/mol. The summed E-state index contributed by atoms with van der Waals surface area (Å²) < 4.78 is 27.2. The second kappa shape index (κ2) is 10.2. The van der Waals surface area contributed by atoms with Crippen LogP contribution in [0.5, 0.6) is 0 Å². The largest absolute Gasteiger partial charge is 0.350 e. The molecular weight excluding hydrogens is 442 g/mol. The van der Waals surface area contributed by atoms with Crippen LogP contribution in [0.4, 0.5) is 0 Å². The van der Waals surface area contributed by atoms with Crippen LogP contribution in [0.25, 0.3) is 0 Å². The second-order valence-electron chi connectivity index (χ2n) is 9.71. The molecule has 0 spiro atoms. The molecule has 0 aromatic heterocycles. The van der Waals surface area contributed by atoms with E-state index in [2.05, 4.69) is 10.2 Å². The number of nitriles is 1. The summed E-state index contributed by atoms with van der Waals surface area (Å²) in [7, 11) is -3.64. The van der Waals surface area contributed by atoms with E-state index >= 15 is 0 Å². The number of hydrogen-bond donors (Lipinski definition) is 1. The van der Waals surface area contributed by atoms with E-state index in [4.69, 9.17) is 5.26 Å². The molecule has 1 N–H and O–H groups in total. The Balaban J connectivity index is 1.48. The molecule has 2 aliphatic rings. The van der Waals surface area contributed by atoms with Crippen molar-refractivity contribution in [2.24, 2.45) is 5.92 Å². The van der Waals surface area contributed by atoms with E-state index in [9.17, 15) is 18.0 Å². The summed E-state index contributed by atoms with van der Waals surface area (Å²) in [6, 6.07) is 7.87. The zero-order valence-electron chi connectivity index (χ0n) is 19.6. The van der Waals surface area contributed by atoms with E-state index in [-0.39, 0.29) is 28.2 Å². The summed E-state index contributed by atoms with van der Waals surface area (Å²) in [4.78, 5) is 29.2. The van der Waals surface area contributed by atoms with E-state index in [1.807, 2.05) is 31.7 Å². The van der Waals surface area contributed by atoms with Crippen LogP contribution in [0, 0.1) is 17.2 Å². The van der Waals surface area contributed by atoms with Gasteiger partial charge in [0.15, 0.2) is 0 Å². The molecule has 9 nitrogen and oxygen atoms in total. The number of piperazine rings is 1. The normalized spacial score (nSPS) is 19.2. The van der Waals surface area contributed by atoms with Crippen molar-refractivity contribution in [1.29, 1.82) is 5.26 Å². The van der Waals surface area contributed by atoms with Crippen LogP contribution in [0.1, 0.15) is 39.2 Å². The third kappa shape index (κ3) is 6.53. The summed E-state index contributed by atoms with van der Waals surface area (Å²) in [6.45, 7) is 9.21. The van der Waals surface area contributed by atoms with Crippen molar-refractivity contribution in [3.05, 3.63) is 29.8 Å². The van der Waals surface area contributed by atoms with Gasteiger partial charge in [0.05, 0.1) is 23.1 Å². The highest BCUT2D eigenvalue weighted by Gasteiger charge is 2.34. The molecular formula is C23H33N5O4S. The van der Waals surface area contributed by atoms with Crippen LogP contribution in [-0.2, 0) is 19.6 Å². The summed E-state index contributed by atoms with van der Waals surface area (Å²) in [6.07, 6.45) is 0.977. The first kappa shape index (κ1) is 25.1. The van der Waals surface area contributed by atoms with Crippen molar-refractivity contribution in [3.8, 4) is 6.07 Å². The third-order valence-electron chi connectivity index (χ3n) is 5.99. The minimum absolute atomic E-state index is 0.0156. The molecule has 2 fully saturated rings. The molecule has 0 unspecified atom stereocenters. The summed E-state index contributed by atoms with van der Waals surface area (Å²) in [5.74, 6) is -0.129. The molecule has 2 aliphatic heterocycles. The molecule has 0 radical (unpaired) electrons. The molecule has 180 valence electrons. The van der Waals surface area contributed by atoms with Crippen molar-refractivity contribution in [2.75, 3.05) is 45.8 Å². The van der Waals surface area contributed by atoms with Gasteiger partial charge in [-0.05, 0) is 57.9 Å². The van der Waals surface area contributed by atoms with Gasteiger partial charge in [0.25, 0.3) is 0 Å². The van der Waals surface area contributed by atoms with Crippen molar-refractivity contribution >= 4 is 21.8 Å². The Morgan fingerprint density at radius 1 is 1.03 bits per heavy atom. The van der Waals surface area contributed by atoms with Gasteiger partial charge in [-0.3, -0.25) is 14.5 Å². The highest BCUT2D eigenvalue weighted by Crippen LogP contribution is 2.25. The van der Waals surface area contributed by atoms with Gasteiger partial charge in [0, 0.05) is 50.7 Å². The highest BCUT2D eigenvalue weighted by atomic mass is 32.2. The van der Waals surface area contributed by atoms with E-state index in [0.717, 1.165) is 0 Å². The Morgan fingerprint density at radius 2 is 1.61 bits per heavy atom. The van der Waals surface area contributed by atoms with Gasteiger partial charge >= 0.3 is 0 Å². The van der Waals surface area contributed by atoms with Crippen LogP contribution >= 0.6 is 0 Å². The lowest BCUT2D eigenvalue weighted by atomic mass is 9.96. The molecule has 2 saturated heterocycles. The minimum atomic E-state index is -3.64. The molecule has 0 atom stereocenters. The lowest BCUT2D eigenvalue weighted by Crippen LogP contribution is -2.54. The topological polar surface area (TPSA) is 114 Å². The maximum atomic E-state index is 13.0. The fourth-order valence-electron chi connectivity index (χ4n) is 4.24. The summed E-state index contributed by atoms with van der Waals surface area (Å²) in [5.41, 5.74) is 0.144. The number of hydrogen-bond acceptors (Lipinski definition) is 6.